The quantitative estimate of drug-likeness (QED) is 0.612. The zero-order valence-corrected chi connectivity index (χ0v) is 15.0. The Balaban J connectivity index is 2.03. The van der Waals surface area contributed by atoms with E-state index in [-0.39, 0.29) is 11.3 Å². The molecule has 1 heterocycles. The van der Waals surface area contributed by atoms with E-state index in [1.54, 1.807) is 18.2 Å². The minimum Gasteiger partial charge on any atom is -0.496 e. The van der Waals surface area contributed by atoms with E-state index in [0.29, 0.717) is 20.7 Å². The van der Waals surface area contributed by atoms with E-state index in [4.69, 9.17) is 4.74 Å². The van der Waals surface area contributed by atoms with Crippen LogP contribution in [-0.4, -0.2) is 25.0 Å². The molecule has 0 saturated carbocycles. The molecule has 1 fully saturated rings. The van der Waals surface area contributed by atoms with Gasteiger partial charge in [0.15, 0.2) is 0 Å². The Bertz CT molecular complexity index is 958. The van der Waals surface area contributed by atoms with Crippen LogP contribution in [0.25, 0.3) is 6.08 Å². The van der Waals surface area contributed by atoms with Crippen LogP contribution < -0.4 is 15.0 Å². The lowest BCUT2D eigenvalue weighted by Gasteiger charge is -2.26. The standard InChI is InChI=1S/C18H12BrFN2O4/c1-26-15-7-6-10(9-12(15)19)8-11-16(23)21-18(25)22(17(11)24)14-5-3-2-4-13(14)20/h2-9H,1H3,(H,21,23,25)/b11-8-. The number of barbiturate groups is 1. The summed E-state index contributed by atoms with van der Waals surface area (Å²) < 4.78 is 19.8. The fraction of sp³-hybridized carbons (Fsp3) is 0.0556. The number of ether oxygens (including phenoxy) is 1. The summed E-state index contributed by atoms with van der Waals surface area (Å²) in [7, 11) is 1.51. The number of rotatable bonds is 3. The number of carbonyl (C=O) groups excluding carboxylic acids is 3. The summed E-state index contributed by atoms with van der Waals surface area (Å²) in [5, 5.41) is 2.05. The number of anilines is 1. The van der Waals surface area contributed by atoms with Crippen molar-refractivity contribution in [1.29, 1.82) is 0 Å². The molecular formula is C18H12BrFN2O4. The molecule has 6 nitrogen and oxygen atoms in total. The third-order valence-electron chi connectivity index (χ3n) is 3.68. The number of methoxy groups -OCH3 is 1. The molecule has 8 heteroatoms. The number of para-hydroxylation sites is 1. The van der Waals surface area contributed by atoms with Crippen LogP contribution in [0.2, 0.25) is 0 Å². The molecule has 132 valence electrons. The van der Waals surface area contributed by atoms with Crippen molar-refractivity contribution in [3.8, 4) is 5.75 Å². The molecule has 0 atom stereocenters. The van der Waals surface area contributed by atoms with Gasteiger partial charge in [0.05, 0.1) is 17.3 Å². The second-order valence-electron chi connectivity index (χ2n) is 5.30. The van der Waals surface area contributed by atoms with Crippen molar-refractivity contribution < 1.29 is 23.5 Å². The first-order chi connectivity index (χ1) is 12.4. The minimum absolute atomic E-state index is 0.232. The van der Waals surface area contributed by atoms with Gasteiger partial charge >= 0.3 is 6.03 Å². The highest BCUT2D eigenvalue weighted by Crippen LogP contribution is 2.28. The summed E-state index contributed by atoms with van der Waals surface area (Å²) in [6.45, 7) is 0. The Morgan fingerprint density at radius 1 is 1.15 bits per heavy atom. The van der Waals surface area contributed by atoms with E-state index < -0.39 is 23.7 Å². The van der Waals surface area contributed by atoms with Crippen LogP contribution in [0.4, 0.5) is 14.9 Å². The number of imide groups is 2. The Morgan fingerprint density at radius 3 is 2.54 bits per heavy atom. The maximum Gasteiger partial charge on any atom is 0.336 e. The topological polar surface area (TPSA) is 75.7 Å². The lowest BCUT2D eigenvalue weighted by molar-refractivity contribution is -0.122. The molecule has 2 aromatic carbocycles. The van der Waals surface area contributed by atoms with Crippen LogP contribution in [0.3, 0.4) is 0 Å². The van der Waals surface area contributed by atoms with Gasteiger partial charge in [-0.1, -0.05) is 18.2 Å². The van der Waals surface area contributed by atoms with Crippen molar-refractivity contribution in [2.45, 2.75) is 0 Å². The summed E-state index contributed by atoms with van der Waals surface area (Å²) in [4.78, 5) is 37.5. The molecule has 3 rings (SSSR count). The maximum absolute atomic E-state index is 14.0. The lowest BCUT2D eigenvalue weighted by Crippen LogP contribution is -2.54. The first-order valence-electron chi connectivity index (χ1n) is 7.42. The van der Waals surface area contributed by atoms with Crippen molar-refractivity contribution in [3.63, 3.8) is 0 Å². The average molecular weight is 419 g/mol. The number of nitrogens with zero attached hydrogens (tertiary/aromatic N) is 1. The second-order valence-corrected chi connectivity index (χ2v) is 6.16. The molecule has 0 radical (unpaired) electrons. The molecule has 1 aliphatic rings. The van der Waals surface area contributed by atoms with Crippen LogP contribution in [0.5, 0.6) is 5.75 Å². The van der Waals surface area contributed by atoms with Crippen molar-refractivity contribution in [1.82, 2.24) is 5.32 Å². The Morgan fingerprint density at radius 2 is 1.88 bits per heavy atom. The first kappa shape index (κ1) is 17.8. The van der Waals surface area contributed by atoms with Crippen molar-refractivity contribution in [3.05, 3.63) is 63.9 Å². The van der Waals surface area contributed by atoms with Gasteiger partial charge in [-0.2, -0.15) is 0 Å². The highest BCUT2D eigenvalue weighted by atomic mass is 79.9. The Labute approximate surface area is 156 Å². The third-order valence-corrected chi connectivity index (χ3v) is 4.30. The van der Waals surface area contributed by atoms with Gasteiger partial charge in [-0.05, 0) is 51.8 Å². The molecule has 1 N–H and O–H groups in total. The Hall–Kier alpha value is -3.00. The molecule has 2 aromatic rings. The maximum atomic E-state index is 14.0. The molecule has 0 aromatic heterocycles. The number of hydrogen-bond donors (Lipinski definition) is 1. The number of benzene rings is 2. The smallest absolute Gasteiger partial charge is 0.336 e. The number of carbonyl (C=O) groups is 3. The third kappa shape index (κ3) is 3.23. The van der Waals surface area contributed by atoms with E-state index in [1.165, 1.54) is 31.4 Å². The Kier molecular flexibility index (Phi) is 4.85. The average Bonchev–Trinajstić information content (AvgIpc) is 2.60. The summed E-state index contributed by atoms with van der Waals surface area (Å²) in [5.41, 5.74) is 0.00763. The molecule has 26 heavy (non-hydrogen) atoms. The molecular weight excluding hydrogens is 407 g/mol. The number of nitrogens with one attached hydrogen (secondary N) is 1. The van der Waals surface area contributed by atoms with Crippen LogP contribution in [-0.2, 0) is 9.59 Å². The van der Waals surface area contributed by atoms with Crippen LogP contribution >= 0.6 is 15.9 Å². The minimum atomic E-state index is -1.00. The van der Waals surface area contributed by atoms with E-state index in [9.17, 15) is 18.8 Å². The van der Waals surface area contributed by atoms with Crippen molar-refractivity contribution >= 4 is 45.5 Å². The molecule has 0 spiro atoms. The second kappa shape index (κ2) is 7.09. The summed E-state index contributed by atoms with van der Waals surface area (Å²) in [5.74, 6) is -1.93. The highest BCUT2D eigenvalue weighted by molar-refractivity contribution is 9.10. The van der Waals surface area contributed by atoms with E-state index in [0.717, 1.165) is 6.07 Å². The van der Waals surface area contributed by atoms with Crippen LogP contribution in [0, 0.1) is 5.82 Å². The van der Waals surface area contributed by atoms with Crippen LogP contribution in [0.1, 0.15) is 5.56 Å². The molecule has 1 saturated heterocycles. The normalized spacial score (nSPS) is 16.0. The SMILES string of the molecule is COc1ccc(/C=C2/C(=O)NC(=O)N(c3ccccc3F)C2=O)cc1Br. The van der Waals surface area contributed by atoms with Gasteiger partial charge in [0.25, 0.3) is 11.8 Å². The van der Waals surface area contributed by atoms with Crippen molar-refractivity contribution in [2.75, 3.05) is 12.0 Å². The summed E-state index contributed by atoms with van der Waals surface area (Å²) in [6, 6.07) is 9.26. The monoisotopic (exact) mass is 418 g/mol. The zero-order chi connectivity index (χ0) is 18.8. The number of halogens is 2. The van der Waals surface area contributed by atoms with Crippen molar-refractivity contribution in [2.24, 2.45) is 0 Å². The molecule has 1 aliphatic heterocycles. The largest absolute Gasteiger partial charge is 0.496 e. The number of amides is 4. The molecule has 0 unspecified atom stereocenters. The summed E-state index contributed by atoms with van der Waals surface area (Å²) >= 11 is 3.32. The number of hydrogen-bond acceptors (Lipinski definition) is 4. The first-order valence-corrected chi connectivity index (χ1v) is 8.21. The van der Waals surface area contributed by atoms with E-state index in [2.05, 4.69) is 15.9 Å². The highest BCUT2D eigenvalue weighted by Gasteiger charge is 2.37. The lowest BCUT2D eigenvalue weighted by atomic mass is 10.1. The fourth-order valence-corrected chi connectivity index (χ4v) is 3.01. The van der Waals surface area contributed by atoms with E-state index in [1.807, 2.05) is 5.32 Å². The van der Waals surface area contributed by atoms with Gasteiger partial charge < -0.3 is 4.74 Å². The molecule has 0 bridgehead atoms. The van der Waals surface area contributed by atoms with Gasteiger partial charge in [-0.3, -0.25) is 14.9 Å². The van der Waals surface area contributed by atoms with E-state index >= 15 is 0 Å². The van der Waals surface area contributed by atoms with Gasteiger partial charge in [0.2, 0.25) is 0 Å². The zero-order valence-electron chi connectivity index (χ0n) is 13.5. The van der Waals surface area contributed by atoms with Crippen LogP contribution in [0.15, 0.2) is 52.5 Å². The van der Waals surface area contributed by atoms with Gasteiger partial charge in [0, 0.05) is 0 Å². The van der Waals surface area contributed by atoms with Gasteiger partial charge in [-0.15, -0.1) is 0 Å². The van der Waals surface area contributed by atoms with Gasteiger partial charge in [0.1, 0.15) is 17.1 Å². The van der Waals surface area contributed by atoms with Gasteiger partial charge in [-0.25, -0.2) is 14.1 Å². The molecule has 0 aliphatic carbocycles. The predicted molar refractivity (Wildman–Crippen MR) is 96.1 cm³/mol. The predicted octanol–water partition coefficient (Wildman–Crippen LogP) is 3.26. The molecule has 4 amide bonds. The fourth-order valence-electron chi connectivity index (χ4n) is 2.45. The number of urea groups is 1. The summed E-state index contributed by atoms with van der Waals surface area (Å²) in [6.07, 6.45) is 1.32.